The summed E-state index contributed by atoms with van der Waals surface area (Å²) < 4.78 is 41.3. The lowest BCUT2D eigenvalue weighted by atomic mass is 10.3. The summed E-state index contributed by atoms with van der Waals surface area (Å²) in [5.41, 5.74) is 0.793. The molecule has 0 spiro atoms. The van der Waals surface area contributed by atoms with Crippen molar-refractivity contribution in [1.29, 1.82) is 0 Å². The smallest absolute Gasteiger partial charge is 0.428 e. The third-order valence-electron chi connectivity index (χ3n) is 2.28. The fourth-order valence-corrected chi connectivity index (χ4v) is 1.87. The molecule has 0 atom stereocenters. The van der Waals surface area contributed by atoms with Crippen LogP contribution in [0.3, 0.4) is 0 Å². The van der Waals surface area contributed by atoms with Gasteiger partial charge in [-0.3, -0.25) is 4.55 Å². The van der Waals surface area contributed by atoms with E-state index < -0.39 is 10.4 Å². The Morgan fingerprint density at radius 3 is 2.55 bits per heavy atom. The van der Waals surface area contributed by atoms with Crippen molar-refractivity contribution in [1.82, 2.24) is 4.98 Å². The van der Waals surface area contributed by atoms with Crippen LogP contribution in [-0.4, -0.2) is 24.6 Å². The third-order valence-corrected chi connectivity index (χ3v) is 2.66. The molecule has 1 aromatic heterocycles. The molecule has 0 unspecified atom stereocenters. The van der Waals surface area contributed by atoms with E-state index in [2.05, 4.69) is 9.17 Å². The van der Waals surface area contributed by atoms with Crippen LogP contribution in [0, 0.1) is 0 Å². The molecule has 106 valence electrons. The Balaban J connectivity index is 2.43. The molecule has 7 nitrogen and oxygen atoms in total. The summed E-state index contributed by atoms with van der Waals surface area (Å²) in [5, 5.41) is 0. The SMILES string of the molecule is CCOc1nc(OS(=O)(=O)O)cc[n+]1-c1ccccc1. The Morgan fingerprint density at radius 1 is 1.25 bits per heavy atom. The molecule has 2 rings (SSSR count). The van der Waals surface area contributed by atoms with Crippen molar-refractivity contribution in [3.63, 3.8) is 0 Å². The van der Waals surface area contributed by atoms with Crippen molar-refractivity contribution in [2.75, 3.05) is 6.61 Å². The van der Waals surface area contributed by atoms with E-state index in [4.69, 9.17) is 9.29 Å². The molecule has 0 radical (unpaired) electrons. The molecule has 0 amide bonds. The van der Waals surface area contributed by atoms with E-state index >= 15 is 0 Å². The van der Waals surface area contributed by atoms with Crippen molar-refractivity contribution >= 4 is 10.4 Å². The normalized spacial score (nSPS) is 11.1. The van der Waals surface area contributed by atoms with Crippen LogP contribution in [0.5, 0.6) is 11.9 Å². The molecule has 1 aromatic carbocycles. The lowest BCUT2D eigenvalue weighted by Crippen LogP contribution is -2.34. The zero-order valence-electron chi connectivity index (χ0n) is 10.6. The minimum atomic E-state index is -4.61. The van der Waals surface area contributed by atoms with Crippen LogP contribution in [-0.2, 0) is 10.4 Å². The highest BCUT2D eigenvalue weighted by Crippen LogP contribution is 2.13. The maximum atomic E-state index is 10.7. The van der Waals surface area contributed by atoms with Gasteiger partial charge in [0.25, 0.3) is 0 Å². The van der Waals surface area contributed by atoms with Gasteiger partial charge in [0.05, 0.1) is 12.7 Å². The number of para-hydroxylation sites is 1. The summed E-state index contributed by atoms with van der Waals surface area (Å²) in [6, 6.07) is 10.7. The second-order valence-corrected chi connectivity index (χ2v) is 4.72. The van der Waals surface area contributed by atoms with Gasteiger partial charge < -0.3 is 8.92 Å². The molecular formula is C12H13N2O5S+. The summed E-state index contributed by atoms with van der Waals surface area (Å²) in [4.78, 5) is 3.90. The molecular weight excluding hydrogens is 284 g/mol. The van der Waals surface area contributed by atoms with E-state index in [1.807, 2.05) is 30.3 Å². The van der Waals surface area contributed by atoms with Gasteiger partial charge in [-0.2, -0.15) is 13.0 Å². The zero-order valence-corrected chi connectivity index (χ0v) is 11.4. The van der Waals surface area contributed by atoms with Crippen LogP contribution < -0.4 is 13.5 Å². The Labute approximate surface area is 116 Å². The fraction of sp³-hybridized carbons (Fsp3) is 0.167. The maximum absolute atomic E-state index is 10.7. The van der Waals surface area contributed by atoms with E-state index in [9.17, 15) is 8.42 Å². The first kappa shape index (κ1) is 14.2. The second-order valence-electron chi connectivity index (χ2n) is 3.70. The number of nitrogens with zero attached hydrogens (tertiary/aromatic N) is 2. The van der Waals surface area contributed by atoms with Crippen molar-refractivity contribution < 1.29 is 26.5 Å². The molecule has 0 aliphatic rings. The van der Waals surface area contributed by atoms with E-state index in [-0.39, 0.29) is 11.9 Å². The van der Waals surface area contributed by atoms with Crippen LogP contribution in [0.25, 0.3) is 5.69 Å². The summed E-state index contributed by atoms with van der Waals surface area (Å²) in [6.45, 7) is 2.11. The van der Waals surface area contributed by atoms with Gasteiger partial charge in [0.1, 0.15) is 11.9 Å². The van der Waals surface area contributed by atoms with Crippen LogP contribution in [0.4, 0.5) is 0 Å². The highest BCUT2D eigenvalue weighted by molar-refractivity contribution is 7.81. The Kier molecular flexibility index (Phi) is 4.16. The van der Waals surface area contributed by atoms with Crippen LogP contribution >= 0.6 is 0 Å². The molecule has 0 aliphatic heterocycles. The van der Waals surface area contributed by atoms with Crippen molar-refractivity contribution in [3.8, 4) is 17.6 Å². The number of rotatable bonds is 5. The van der Waals surface area contributed by atoms with Gasteiger partial charge in [-0.1, -0.05) is 18.2 Å². The fourth-order valence-electron chi connectivity index (χ4n) is 1.56. The molecule has 0 saturated heterocycles. The lowest BCUT2D eigenvalue weighted by molar-refractivity contribution is -0.607. The number of benzene rings is 1. The van der Waals surface area contributed by atoms with Gasteiger partial charge in [-0.15, -0.1) is 0 Å². The molecule has 20 heavy (non-hydrogen) atoms. The first-order valence-electron chi connectivity index (χ1n) is 5.77. The first-order valence-corrected chi connectivity index (χ1v) is 7.14. The number of hydrogen-bond acceptors (Lipinski definition) is 5. The predicted octanol–water partition coefficient (Wildman–Crippen LogP) is 0.939. The summed E-state index contributed by atoms with van der Waals surface area (Å²) in [5.74, 6) is -0.275. The van der Waals surface area contributed by atoms with E-state index in [0.29, 0.717) is 6.61 Å². The van der Waals surface area contributed by atoms with Crippen LogP contribution in [0.1, 0.15) is 6.92 Å². The topological polar surface area (TPSA) is 89.6 Å². The van der Waals surface area contributed by atoms with Gasteiger partial charge in [0.2, 0.25) is 0 Å². The lowest BCUT2D eigenvalue weighted by Gasteiger charge is -2.04. The molecule has 0 saturated carbocycles. The van der Waals surface area contributed by atoms with E-state index in [1.54, 1.807) is 11.5 Å². The molecule has 1 heterocycles. The van der Waals surface area contributed by atoms with Crippen molar-refractivity contribution in [2.45, 2.75) is 6.92 Å². The Morgan fingerprint density at radius 2 is 1.95 bits per heavy atom. The highest BCUT2D eigenvalue weighted by Gasteiger charge is 2.21. The monoisotopic (exact) mass is 297 g/mol. The second kappa shape index (κ2) is 5.85. The predicted molar refractivity (Wildman–Crippen MR) is 69.1 cm³/mol. The van der Waals surface area contributed by atoms with Gasteiger partial charge in [0, 0.05) is 4.98 Å². The van der Waals surface area contributed by atoms with Gasteiger partial charge in [-0.05, 0) is 19.1 Å². The summed E-state index contributed by atoms with van der Waals surface area (Å²) in [6.07, 6.45) is 1.54. The van der Waals surface area contributed by atoms with Crippen molar-refractivity contribution in [3.05, 3.63) is 42.6 Å². The standard InChI is InChI=1S/C12H12N2O5S/c1-2-18-12-13-11(19-20(15,16)17)8-9-14(12)10-6-4-3-5-7-10/h3-9H,2H2,1H3/p+1. The average Bonchev–Trinajstić information content (AvgIpc) is 2.38. The minimum absolute atomic E-state index is 0.153. The van der Waals surface area contributed by atoms with Crippen LogP contribution in [0.2, 0.25) is 0 Å². The average molecular weight is 297 g/mol. The maximum Gasteiger partial charge on any atom is 0.507 e. The number of hydrogen-bond donors (Lipinski definition) is 1. The third kappa shape index (κ3) is 3.65. The molecule has 1 N–H and O–H groups in total. The highest BCUT2D eigenvalue weighted by atomic mass is 32.3. The molecule has 0 aliphatic carbocycles. The summed E-state index contributed by atoms with van der Waals surface area (Å²) >= 11 is 0. The van der Waals surface area contributed by atoms with Gasteiger partial charge in [0.15, 0.2) is 0 Å². The Bertz CT molecular complexity index is 688. The molecule has 0 bridgehead atoms. The van der Waals surface area contributed by atoms with Crippen LogP contribution in [0.15, 0.2) is 42.6 Å². The number of ether oxygens (including phenoxy) is 1. The van der Waals surface area contributed by atoms with Gasteiger partial charge >= 0.3 is 22.3 Å². The minimum Gasteiger partial charge on any atom is -0.428 e. The zero-order chi connectivity index (χ0) is 14.6. The number of aromatic nitrogens is 2. The quantitative estimate of drug-likeness (QED) is 0.652. The van der Waals surface area contributed by atoms with E-state index in [1.165, 1.54) is 12.3 Å². The largest absolute Gasteiger partial charge is 0.507 e. The molecule has 0 fully saturated rings. The summed E-state index contributed by atoms with van der Waals surface area (Å²) in [7, 11) is -4.61. The first-order chi connectivity index (χ1) is 9.49. The Hall–Kier alpha value is -2.19. The molecule has 2 aromatic rings. The van der Waals surface area contributed by atoms with Gasteiger partial charge in [-0.25, -0.2) is 0 Å². The molecule has 8 heteroatoms. The van der Waals surface area contributed by atoms with Crippen molar-refractivity contribution in [2.24, 2.45) is 0 Å². The van der Waals surface area contributed by atoms with E-state index in [0.717, 1.165) is 5.69 Å².